The molecular formula is C9H18N2. The average molecular weight is 154 g/mol. The zero-order valence-electron chi connectivity index (χ0n) is 7.78. The summed E-state index contributed by atoms with van der Waals surface area (Å²) in [4.78, 5) is 0. The van der Waals surface area contributed by atoms with Crippen LogP contribution in [0.25, 0.3) is 0 Å². The molecular weight excluding hydrogens is 136 g/mol. The second kappa shape index (κ2) is 5.15. The molecule has 1 atom stereocenters. The van der Waals surface area contributed by atoms with E-state index in [9.17, 15) is 0 Å². The van der Waals surface area contributed by atoms with E-state index in [1.54, 1.807) is 0 Å². The van der Waals surface area contributed by atoms with Crippen molar-refractivity contribution >= 4 is 0 Å². The van der Waals surface area contributed by atoms with Gasteiger partial charge in [-0.2, -0.15) is 5.26 Å². The lowest BCUT2D eigenvalue weighted by Crippen LogP contribution is -2.37. The number of nitrogens with zero attached hydrogens (tertiary/aromatic N) is 1. The summed E-state index contributed by atoms with van der Waals surface area (Å²) in [6, 6.07) is 2.28. The van der Waals surface area contributed by atoms with Crippen LogP contribution in [0.2, 0.25) is 0 Å². The van der Waals surface area contributed by atoms with Crippen LogP contribution >= 0.6 is 0 Å². The molecule has 64 valence electrons. The van der Waals surface area contributed by atoms with E-state index in [1.165, 1.54) is 12.8 Å². The smallest absolute Gasteiger partial charge is 0.103 e. The van der Waals surface area contributed by atoms with Gasteiger partial charge in [-0.1, -0.05) is 26.2 Å². The predicted octanol–water partition coefficient (Wildman–Crippen LogP) is 2.07. The van der Waals surface area contributed by atoms with Gasteiger partial charge in [0.15, 0.2) is 0 Å². The summed E-state index contributed by atoms with van der Waals surface area (Å²) in [5.74, 6) is 0. The highest BCUT2D eigenvalue weighted by Crippen LogP contribution is 2.12. The largest absolute Gasteiger partial charge is 0.303 e. The Morgan fingerprint density at radius 3 is 2.45 bits per heavy atom. The molecule has 0 rings (SSSR count). The van der Waals surface area contributed by atoms with Crippen molar-refractivity contribution in [1.29, 1.82) is 5.26 Å². The third kappa shape index (κ3) is 4.00. The van der Waals surface area contributed by atoms with E-state index in [0.29, 0.717) is 0 Å². The molecule has 0 aromatic carbocycles. The van der Waals surface area contributed by atoms with Gasteiger partial charge >= 0.3 is 0 Å². The zero-order chi connectivity index (χ0) is 8.74. The molecule has 0 aliphatic heterocycles. The Hall–Kier alpha value is -0.550. The molecule has 1 N–H and O–H groups in total. The average Bonchev–Trinajstić information content (AvgIpc) is 2.05. The second-order valence-corrected chi connectivity index (χ2v) is 3.15. The summed E-state index contributed by atoms with van der Waals surface area (Å²) in [6.07, 6.45) is 4.53. The lowest BCUT2D eigenvalue weighted by molar-refractivity contribution is 0.432. The quantitative estimate of drug-likeness (QED) is 0.615. The van der Waals surface area contributed by atoms with Crippen molar-refractivity contribution < 1.29 is 0 Å². The molecule has 1 unspecified atom stereocenters. The SMILES string of the molecule is CCCCCC(C)(C#N)NC. The molecule has 0 radical (unpaired) electrons. The van der Waals surface area contributed by atoms with Crippen LogP contribution in [0.4, 0.5) is 0 Å². The van der Waals surface area contributed by atoms with E-state index >= 15 is 0 Å². The molecule has 0 spiro atoms. The van der Waals surface area contributed by atoms with Crippen molar-refractivity contribution in [3.8, 4) is 6.07 Å². The van der Waals surface area contributed by atoms with E-state index in [4.69, 9.17) is 5.26 Å². The first-order valence-electron chi connectivity index (χ1n) is 4.28. The number of hydrogen-bond acceptors (Lipinski definition) is 2. The molecule has 0 bridgehead atoms. The van der Waals surface area contributed by atoms with Crippen LogP contribution in [0.3, 0.4) is 0 Å². The van der Waals surface area contributed by atoms with E-state index in [2.05, 4.69) is 18.3 Å². The van der Waals surface area contributed by atoms with E-state index in [-0.39, 0.29) is 5.54 Å². The summed E-state index contributed by atoms with van der Waals surface area (Å²) in [5, 5.41) is 11.8. The van der Waals surface area contributed by atoms with E-state index in [0.717, 1.165) is 12.8 Å². The highest BCUT2D eigenvalue weighted by Gasteiger charge is 2.19. The summed E-state index contributed by atoms with van der Waals surface area (Å²) < 4.78 is 0. The molecule has 0 aromatic rings. The van der Waals surface area contributed by atoms with Gasteiger partial charge in [-0.05, 0) is 20.4 Å². The Balaban J connectivity index is 3.63. The first-order valence-corrected chi connectivity index (χ1v) is 4.28. The summed E-state index contributed by atoms with van der Waals surface area (Å²) >= 11 is 0. The van der Waals surface area contributed by atoms with Crippen LogP contribution in [0, 0.1) is 11.3 Å². The molecule has 0 saturated carbocycles. The molecule has 0 aliphatic carbocycles. The maximum Gasteiger partial charge on any atom is 0.103 e. The second-order valence-electron chi connectivity index (χ2n) is 3.15. The maximum atomic E-state index is 8.77. The lowest BCUT2D eigenvalue weighted by Gasteiger charge is -2.19. The van der Waals surface area contributed by atoms with Crippen LogP contribution < -0.4 is 5.32 Å². The normalized spacial score (nSPS) is 15.5. The maximum absolute atomic E-state index is 8.77. The Labute approximate surface area is 69.6 Å². The summed E-state index contributed by atoms with van der Waals surface area (Å²) in [6.45, 7) is 4.12. The minimum atomic E-state index is -0.310. The topological polar surface area (TPSA) is 35.8 Å². The molecule has 0 amide bonds. The Bertz CT molecular complexity index is 137. The zero-order valence-corrected chi connectivity index (χ0v) is 7.78. The van der Waals surface area contributed by atoms with Gasteiger partial charge < -0.3 is 5.32 Å². The van der Waals surface area contributed by atoms with Crippen molar-refractivity contribution in [2.75, 3.05) is 7.05 Å². The number of hydrogen-bond donors (Lipinski definition) is 1. The van der Waals surface area contributed by atoms with Gasteiger partial charge in [0, 0.05) is 0 Å². The molecule has 2 heteroatoms. The van der Waals surface area contributed by atoms with Gasteiger partial charge in [-0.25, -0.2) is 0 Å². The van der Waals surface area contributed by atoms with Crippen LogP contribution in [-0.4, -0.2) is 12.6 Å². The van der Waals surface area contributed by atoms with Gasteiger partial charge in [0.2, 0.25) is 0 Å². The fourth-order valence-corrected chi connectivity index (χ4v) is 0.965. The molecule has 2 nitrogen and oxygen atoms in total. The highest BCUT2D eigenvalue weighted by molar-refractivity contribution is 5.02. The standard InChI is InChI=1S/C9H18N2/c1-4-5-6-7-9(2,8-10)11-3/h11H,4-7H2,1-3H3. The van der Waals surface area contributed by atoms with Crippen molar-refractivity contribution in [2.45, 2.75) is 45.1 Å². The van der Waals surface area contributed by atoms with Crippen LogP contribution in [-0.2, 0) is 0 Å². The number of unbranched alkanes of at least 4 members (excludes halogenated alkanes) is 2. The number of nitrogens with one attached hydrogen (secondary N) is 1. The van der Waals surface area contributed by atoms with Crippen molar-refractivity contribution in [1.82, 2.24) is 5.32 Å². The Morgan fingerprint density at radius 1 is 1.45 bits per heavy atom. The molecule has 0 heterocycles. The number of nitriles is 1. The van der Waals surface area contributed by atoms with E-state index in [1.807, 2.05) is 14.0 Å². The molecule has 0 fully saturated rings. The molecule has 0 aromatic heterocycles. The van der Waals surface area contributed by atoms with E-state index < -0.39 is 0 Å². The van der Waals surface area contributed by atoms with Crippen molar-refractivity contribution in [2.24, 2.45) is 0 Å². The first-order chi connectivity index (χ1) is 5.18. The lowest BCUT2D eigenvalue weighted by atomic mass is 9.96. The summed E-state index contributed by atoms with van der Waals surface area (Å²) in [7, 11) is 1.84. The van der Waals surface area contributed by atoms with Crippen LogP contribution in [0.15, 0.2) is 0 Å². The van der Waals surface area contributed by atoms with Crippen LogP contribution in [0.1, 0.15) is 39.5 Å². The first kappa shape index (κ1) is 10.4. The fourth-order valence-electron chi connectivity index (χ4n) is 0.965. The minimum absolute atomic E-state index is 0.310. The Kier molecular flexibility index (Phi) is 4.89. The fraction of sp³-hybridized carbons (Fsp3) is 0.889. The molecule has 0 aliphatic rings. The highest BCUT2D eigenvalue weighted by atomic mass is 14.9. The minimum Gasteiger partial charge on any atom is -0.303 e. The third-order valence-electron chi connectivity index (χ3n) is 2.08. The predicted molar refractivity (Wildman–Crippen MR) is 47.2 cm³/mol. The number of rotatable bonds is 5. The third-order valence-corrected chi connectivity index (χ3v) is 2.08. The molecule has 0 saturated heterocycles. The Morgan fingerprint density at radius 2 is 2.09 bits per heavy atom. The van der Waals surface area contributed by atoms with Gasteiger partial charge in [0.25, 0.3) is 0 Å². The summed E-state index contributed by atoms with van der Waals surface area (Å²) in [5.41, 5.74) is -0.310. The van der Waals surface area contributed by atoms with Gasteiger partial charge in [0.05, 0.1) is 6.07 Å². The van der Waals surface area contributed by atoms with Gasteiger partial charge in [-0.3, -0.25) is 0 Å². The van der Waals surface area contributed by atoms with Crippen molar-refractivity contribution in [3.05, 3.63) is 0 Å². The van der Waals surface area contributed by atoms with Crippen LogP contribution in [0.5, 0.6) is 0 Å². The molecule has 11 heavy (non-hydrogen) atoms. The van der Waals surface area contributed by atoms with Crippen molar-refractivity contribution in [3.63, 3.8) is 0 Å². The monoisotopic (exact) mass is 154 g/mol. The van der Waals surface area contributed by atoms with Gasteiger partial charge in [-0.15, -0.1) is 0 Å². The van der Waals surface area contributed by atoms with Gasteiger partial charge in [0.1, 0.15) is 5.54 Å².